The number of nitrogens with two attached hydrogens (primary N) is 1. The number of fused-ring (bicyclic) bond motifs is 1. The number of nitrogen functional groups attached to an aromatic ring is 1. The molecule has 4 rings (SSSR count). The predicted octanol–water partition coefficient (Wildman–Crippen LogP) is 2.40. The smallest absolute Gasteiger partial charge is 0.228 e. The molecule has 2 atom stereocenters. The number of pyridine rings is 3. The molecule has 0 saturated heterocycles. The van der Waals surface area contributed by atoms with Gasteiger partial charge in [-0.2, -0.15) is 0 Å². The van der Waals surface area contributed by atoms with E-state index in [9.17, 15) is 9.90 Å². The first-order valence-electron chi connectivity index (χ1n) is 8.98. The van der Waals surface area contributed by atoms with Gasteiger partial charge in [0.1, 0.15) is 11.6 Å². The van der Waals surface area contributed by atoms with Crippen molar-refractivity contribution in [2.45, 2.75) is 19.8 Å². The summed E-state index contributed by atoms with van der Waals surface area (Å²) in [6.07, 6.45) is 6.47. The van der Waals surface area contributed by atoms with Crippen LogP contribution in [0.2, 0.25) is 0 Å². The molecule has 0 bridgehead atoms. The quantitative estimate of drug-likeness (QED) is 0.641. The zero-order valence-electron chi connectivity index (χ0n) is 15.0. The molecule has 1 aliphatic rings. The number of anilines is 2. The van der Waals surface area contributed by atoms with Crippen molar-refractivity contribution >= 4 is 28.3 Å². The van der Waals surface area contributed by atoms with Crippen molar-refractivity contribution in [3.63, 3.8) is 0 Å². The Hall–Kier alpha value is -3.06. The summed E-state index contributed by atoms with van der Waals surface area (Å²) in [7, 11) is 0. The van der Waals surface area contributed by atoms with Crippen molar-refractivity contribution < 1.29 is 9.90 Å². The van der Waals surface area contributed by atoms with E-state index in [0.29, 0.717) is 29.7 Å². The highest BCUT2D eigenvalue weighted by Crippen LogP contribution is 2.38. The molecule has 3 aromatic rings. The van der Waals surface area contributed by atoms with E-state index >= 15 is 0 Å². The Kier molecular flexibility index (Phi) is 4.45. The van der Waals surface area contributed by atoms with Crippen LogP contribution in [-0.4, -0.2) is 32.6 Å². The van der Waals surface area contributed by atoms with Gasteiger partial charge in [-0.1, -0.05) is 6.92 Å². The molecular weight excluding hydrogens is 342 g/mol. The van der Waals surface area contributed by atoms with Crippen LogP contribution in [0, 0.1) is 11.8 Å². The second-order valence-electron chi connectivity index (χ2n) is 7.00. The average Bonchev–Trinajstić information content (AvgIpc) is 3.39. The molecule has 0 aromatic carbocycles. The molecule has 0 spiro atoms. The van der Waals surface area contributed by atoms with Crippen molar-refractivity contribution in [2.24, 2.45) is 11.8 Å². The fourth-order valence-electron chi connectivity index (χ4n) is 3.28. The number of nitrogens with one attached hydrogen (secondary N) is 1. The number of carbonyl (C=O) groups is 1. The van der Waals surface area contributed by atoms with Gasteiger partial charge in [0, 0.05) is 42.1 Å². The van der Waals surface area contributed by atoms with E-state index in [2.05, 4.69) is 27.2 Å². The molecule has 27 heavy (non-hydrogen) atoms. The summed E-state index contributed by atoms with van der Waals surface area (Å²) in [5.41, 5.74) is 8.59. The molecule has 3 aromatic heterocycles. The number of carbonyl (C=O) groups excluding carboxylic acids is 1. The summed E-state index contributed by atoms with van der Waals surface area (Å²) in [6, 6.07) is 5.58. The topological polar surface area (TPSA) is 114 Å². The van der Waals surface area contributed by atoms with Crippen molar-refractivity contribution in [3.05, 3.63) is 42.4 Å². The molecule has 1 aliphatic carbocycles. The van der Waals surface area contributed by atoms with Gasteiger partial charge in [-0.05, 0) is 47.9 Å². The summed E-state index contributed by atoms with van der Waals surface area (Å²) in [6.45, 7) is 2.11. The lowest BCUT2D eigenvalue weighted by Gasteiger charge is -2.11. The molecular formula is C20H21N5O2. The monoisotopic (exact) mass is 363 g/mol. The van der Waals surface area contributed by atoms with Crippen LogP contribution in [0.3, 0.4) is 0 Å². The van der Waals surface area contributed by atoms with E-state index < -0.39 is 0 Å². The van der Waals surface area contributed by atoms with Gasteiger partial charge in [-0.15, -0.1) is 0 Å². The van der Waals surface area contributed by atoms with Gasteiger partial charge in [0.15, 0.2) is 0 Å². The zero-order valence-corrected chi connectivity index (χ0v) is 15.0. The van der Waals surface area contributed by atoms with Crippen LogP contribution < -0.4 is 11.1 Å². The number of aliphatic hydroxyl groups is 1. The number of aromatic nitrogens is 3. The van der Waals surface area contributed by atoms with Crippen molar-refractivity contribution in [3.8, 4) is 11.3 Å². The second kappa shape index (κ2) is 6.92. The summed E-state index contributed by atoms with van der Waals surface area (Å²) in [5, 5.41) is 13.7. The Morgan fingerprint density at radius 3 is 2.93 bits per heavy atom. The van der Waals surface area contributed by atoms with Crippen molar-refractivity contribution in [1.29, 1.82) is 0 Å². The lowest BCUT2D eigenvalue weighted by Crippen LogP contribution is -2.15. The van der Waals surface area contributed by atoms with Gasteiger partial charge in [0.2, 0.25) is 5.91 Å². The lowest BCUT2D eigenvalue weighted by molar-refractivity contribution is -0.117. The van der Waals surface area contributed by atoms with Gasteiger partial charge >= 0.3 is 0 Å². The van der Waals surface area contributed by atoms with Crippen LogP contribution >= 0.6 is 0 Å². The summed E-state index contributed by atoms with van der Waals surface area (Å²) < 4.78 is 0. The number of aliphatic hydroxyl groups excluding tert-OH is 1. The largest absolute Gasteiger partial charge is 0.396 e. The van der Waals surface area contributed by atoms with Crippen LogP contribution in [0.25, 0.3) is 22.0 Å². The SMILES string of the molecule is C[C@H]1C[C@@H]1C(=O)Nc1cc2cc(-c3cnccc3CCO)nc(N)c2cn1. The zero-order chi connectivity index (χ0) is 19.0. The van der Waals surface area contributed by atoms with Crippen molar-refractivity contribution in [2.75, 3.05) is 17.7 Å². The van der Waals surface area contributed by atoms with Crippen LogP contribution in [-0.2, 0) is 11.2 Å². The van der Waals surface area contributed by atoms with Gasteiger partial charge in [-0.25, -0.2) is 9.97 Å². The number of rotatable bonds is 5. The minimum atomic E-state index is 0.00842. The third kappa shape index (κ3) is 3.46. The molecule has 1 fully saturated rings. The van der Waals surface area contributed by atoms with Crippen LogP contribution in [0.15, 0.2) is 36.8 Å². The van der Waals surface area contributed by atoms with E-state index in [4.69, 9.17) is 5.73 Å². The van der Waals surface area contributed by atoms with E-state index in [1.54, 1.807) is 18.6 Å². The van der Waals surface area contributed by atoms with E-state index in [-0.39, 0.29) is 18.4 Å². The number of hydrogen-bond acceptors (Lipinski definition) is 6. The molecule has 0 unspecified atom stereocenters. The molecule has 4 N–H and O–H groups in total. The predicted molar refractivity (Wildman–Crippen MR) is 104 cm³/mol. The fraction of sp³-hybridized carbons (Fsp3) is 0.300. The number of nitrogens with zero attached hydrogens (tertiary/aromatic N) is 3. The maximum absolute atomic E-state index is 12.2. The fourth-order valence-corrected chi connectivity index (χ4v) is 3.28. The highest BCUT2D eigenvalue weighted by atomic mass is 16.3. The molecule has 7 heteroatoms. The van der Waals surface area contributed by atoms with Gasteiger partial charge in [0.05, 0.1) is 5.69 Å². The Morgan fingerprint density at radius 2 is 2.19 bits per heavy atom. The lowest BCUT2D eigenvalue weighted by atomic mass is 10.0. The third-order valence-electron chi connectivity index (χ3n) is 5.01. The Bertz CT molecular complexity index is 1020. The number of hydrogen-bond donors (Lipinski definition) is 3. The standard InChI is InChI=1S/C20H21N5O2/c1-11-6-14(11)20(27)25-18-8-13-7-17(24-19(21)16(13)10-23-18)15-9-22-4-2-12(15)3-5-26/h2,4,7-11,14,26H,3,5-6H2,1H3,(H2,21,24)(H,23,25,27)/t11-,14-/m0/s1. The highest BCUT2D eigenvalue weighted by molar-refractivity contribution is 5.98. The first-order valence-corrected chi connectivity index (χ1v) is 8.98. The van der Waals surface area contributed by atoms with Gasteiger partial charge in [0.25, 0.3) is 0 Å². The first-order chi connectivity index (χ1) is 13.1. The maximum Gasteiger partial charge on any atom is 0.228 e. The molecule has 138 valence electrons. The molecule has 1 amide bonds. The van der Waals surface area contributed by atoms with Crippen LogP contribution in [0.5, 0.6) is 0 Å². The first kappa shape index (κ1) is 17.4. The van der Waals surface area contributed by atoms with E-state index in [1.165, 1.54) is 0 Å². The molecule has 0 radical (unpaired) electrons. The Morgan fingerprint density at radius 1 is 1.37 bits per heavy atom. The summed E-state index contributed by atoms with van der Waals surface area (Å²) >= 11 is 0. The maximum atomic E-state index is 12.2. The molecule has 3 heterocycles. The number of amides is 1. The average molecular weight is 363 g/mol. The molecule has 1 saturated carbocycles. The minimum absolute atomic E-state index is 0.00842. The Balaban J connectivity index is 1.72. The minimum Gasteiger partial charge on any atom is -0.396 e. The third-order valence-corrected chi connectivity index (χ3v) is 5.01. The van der Waals surface area contributed by atoms with E-state index in [1.807, 2.05) is 18.2 Å². The second-order valence-corrected chi connectivity index (χ2v) is 7.00. The van der Waals surface area contributed by atoms with Gasteiger partial charge in [-0.3, -0.25) is 9.78 Å². The van der Waals surface area contributed by atoms with Gasteiger partial charge < -0.3 is 16.2 Å². The van der Waals surface area contributed by atoms with Crippen LogP contribution in [0.4, 0.5) is 11.6 Å². The van der Waals surface area contributed by atoms with E-state index in [0.717, 1.165) is 28.3 Å². The van der Waals surface area contributed by atoms with Crippen LogP contribution in [0.1, 0.15) is 18.9 Å². The Labute approximate surface area is 156 Å². The normalized spacial score (nSPS) is 18.4. The van der Waals surface area contributed by atoms with Crippen molar-refractivity contribution in [1.82, 2.24) is 15.0 Å². The highest BCUT2D eigenvalue weighted by Gasteiger charge is 2.39. The molecule has 7 nitrogen and oxygen atoms in total. The summed E-state index contributed by atoms with van der Waals surface area (Å²) in [4.78, 5) is 25.1. The molecule has 0 aliphatic heterocycles. The summed E-state index contributed by atoms with van der Waals surface area (Å²) in [5.74, 6) is 1.39.